The lowest BCUT2D eigenvalue weighted by atomic mass is 10.0. The first-order valence-corrected chi connectivity index (χ1v) is 14.8. The second-order valence-electron chi connectivity index (χ2n) is 11.2. The van der Waals surface area contributed by atoms with E-state index in [1.807, 2.05) is 36.4 Å². The van der Waals surface area contributed by atoms with E-state index in [1.165, 1.54) is 26.9 Å². The van der Waals surface area contributed by atoms with Crippen LogP contribution < -0.4 is 0 Å². The van der Waals surface area contributed by atoms with Crippen molar-refractivity contribution in [1.29, 1.82) is 5.26 Å². The standard InChI is InChI=1S/C40H23N5/c41-24-30-21-31(45-36-14-6-5-12-33(36)35-22-27-10-3-4-11-28(27)23-37(35)45)17-18-32(30)40-43-38(34-13-7-19-42-39(34)44-40)29-16-15-25-8-1-2-9-26(25)20-29/h1-23H. The molecule has 9 rings (SSSR count). The Kier molecular flexibility index (Phi) is 5.50. The summed E-state index contributed by atoms with van der Waals surface area (Å²) >= 11 is 0. The van der Waals surface area contributed by atoms with Gasteiger partial charge in [-0.3, -0.25) is 0 Å². The van der Waals surface area contributed by atoms with Crippen LogP contribution in [0.3, 0.4) is 0 Å². The average molecular weight is 574 g/mol. The van der Waals surface area contributed by atoms with Crippen LogP contribution in [0.2, 0.25) is 0 Å². The number of aromatic nitrogens is 4. The summed E-state index contributed by atoms with van der Waals surface area (Å²) in [6.07, 6.45) is 1.74. The van der Waals surface area contributed by atoms with Gasteiger partial charge in [-0.15, -0.1) is 0 Å². The minimum Gasteiger partial charge on any atom is -0.309 e. The molecule has 3 heterocycles. The third-order valence-corrected chi connectivity index (χ3v) is 8.66. The molecule has 0 bridgehead atoms. The maximum absolute atomic E-state index is 10.5. The maximum Gasteiger partial charge on any atom is 0.163 e. The van der Waals surface area contributed by atoms with Crippen LogP contribution in [0, 0.1) is 11.3 Å². The van der Waals surface area contributed by atoms with Crippen molar-refractivity contribution in [3.05, 3.63) is 145 Å². The molecular weight excluding hydrogens is 550 g/mol. The molecule has 0 spiro atoms. The number of benzene rings is 6. The van der Waals surface area contributed by atoms with Gasteiger partial charge in [0, 0.05) is 39.2 Å². The van der Waals surface area contributed by atoms with Crippen molar-refractivity contribution in [2.24, 2.45) is 0 Å². The summed E-state index contributed by atoms with van der Waals surface area (Å²) in [6.45, 7) is 0. The van der Waals surface area contributed by atoms with Gasteiger partial charge in [0.2, 0.25) is 0 Å². The molecule has 45 heavy (non-hydrogen) atoms. The summed E-state index contributed by atoms with van der Waals surface area (Å²) in [5.41, 5.74) is 6.61. The molecule has 0 fully saturated rings. The first kappa shape index (κ1) is 25.1. The van der Waals surface area contributed by atoms with Gasteiger partial charge in [0.15, 0.2) is 11.5 Å². The molecule has 0 aliphatic heterocycles. The maximum atomic E-state index is 10.5. The lowest BCUT2D eigenvalue weighted by Crippen LogP contribution is -2.00. The van der Waals surface area contributed by atoms with Crippen LogP contribution in [0.1, 0.15) is 5.56 Å². The van der Waals surface area contributed by atoms with E-state index in [0.717, 1.165) is 38.8 Å². The Morgan fingerprint density at radius 2 is 1.29 bits per heavy atom. The molecule has 0 amide bonds. The minimum absolute atomic E-state index is 0.473. The molecule has 6 aromatic carbocycles. The molecule has 0 saturated carbocycles. The highest BCUT2D eigenvalue weighted by atomic mass is 15.0. The summed E-state index contributed by atoms with van der Waals surface area (Å²) < 4.78 is 2.24. The van der Waals surface area contributed by atoms with E-state index in [0.29, 0.717) is 22.6 Å². The monoisotopic (exact) mass is 573 g/mol. The van der Waals surface area contributed by atoms with Crippen LogP contribution in [0.25, 0.3) is 82.7 Å². The second kappa shape index (κ2) is 9.84. The largest absolute Gasteiger partial charge is 0.309 e. The summed E-state index contributed by atoms with van der Waals surface area (Å²) in [4.78, 5) is 14.5. The van der Waals surface area contributed by atoms with E-state index >= 15 is 0 Å². The zero-order valence-electron chi connectivity index (χ0n) is 24.0. The molecule has 0 radical (unpaired) electrons. The smallest absolute Gasteiger partial charge is 0.163 e. The summed E-state index contributed by atoms with van der Waals surface area (Å²) in [6, 6.07) is 48.3. The first-order chi connectivity index (χ1) is 22.2. The molecule has 0 aliphatic rings. The van der Waals surface area contributed by atoms with Crippen molar-refractivity contribution in [3.63, 3.8) is 0 Å². The van der Waals surface area contributed by atoms with Gasteiger partial charge in [0.05, 0.1) is 28.4 Å². The fourth-order valence-corrected chi connectivity index (χ4v) is 6.53. The number of nitriles is 1. The van der Waals surface area contributed by atoms with Gasteiger partial charge in [0.1, 0.15) is 0 Å². The van der Waals surface area contributed by atoms with Gasteiger partial charge < -0.3 is 4.57 Å². The highest BCUT2D eigenvalue weighted by Gasteiger charge is 2.18. The molecule has 0 unspecified atom stereocenters. The Hall–Kier alpha value is -6.38. The number of fused-ring (bicyclic) bond motifs is 6. The molecular formula is C40H23N5. The van der Waals surface area contributed by atoms with E-state index in [1.54, 1.807) is 6.20 Å². The molecule has 208 valence electrons. The van der Waals surface area contributed by atoms with Crippen molar-refractivity contribution in [3.8, 4) is 34.4 Å². The zero-order valence-corrected chi connectivity index (χ0v) is 24.0. The van der Waals surface area contributed by atoms with Crippen molar-refractivity contribution in [2.75, 3.05) is 0 Å². The highest BCUT2D eigenvalue weighted by molar-refractivity contribution is 6.13. The summed E-state index contributed by atoms with van der Waals surface area (Å²) in [5.74, 6) is 0.473. The summed E-state index contributed by atoms with van der Waals surface area (Å²) in [5, 5.41) is 18.3. The van der Waals surface area contributed by atoms with E-state index in [2.05, 4.69) is 113 Å². The predicted molar refractivity (Wildman–Crippen MR) is 182 cm³/mol. The third-order valence-electron chi connectivity index (χ3n) is 8.66. The number of para-hydroxylation sites is 1. The van der Waals surface area contributed by atoms with Gasteiger partial charge in [-0.05, 0) is 76.1 Å². The summed E-state index contributed by atoms with van der Waals surface area (Å²) in [7, 11) is 0. The van der Waals surface area contributed by atoms with Crippen LogP contribution in [0.15, 0.2) is 140 Å². The lowest BCUT2D eigenvalue weighted by molar-refractivity contribution is 1.16. The van der Waals surface area contributed by atoms with Gasteiger partial charge >= 0.3 is 0 Å². The predicted octanol–water partition coefficient (Wildman–Crippen LogP) is 9.63. The Bertz CT molecular complexity index is 2680. The molecule has 3 aromatic heterocycles. The Morgan fingerprint density at radius 1 is 0.556 bits per heavy atom. The van der Waals surface area contributed by atoms with Crippen LogP contribution in [-0.2, 0) is 0 Å². The van der Waals surface area contributed by atoms with E-state index < -0.39 is 0 Å². The molecule has 0 atom stereocenters. The van der Waals surface area contributed by atoms with E-state index in [4.69, 9.17) is 9.97 Å². The molecule has 5 heteroatoms. The fraction of sp³-hybridized carbons (Fsp3) is 0. The zero-order chi connectivity index (χ0) is 29.9. The minimum atomic E-state index is 0.473. The molecule has 0 N–H and O–H groups in total. The Labute approximate surface area is 258 Å². The van der Waals surface area contributed by atoms with Crippen LogP contribution in [0.5, 0.6) is 0 Å². The number of nitrogens with zero attached hydrogens (tertiary/aromatic N) is 5. The first-order valence-electron chi connectivity index (χ1n) is 14.8. The average Bonchev–Trinajstić information content (AvgIpc) is 3.42. The third kappa shape index (κ3) is 3.97. The quantitative estimate of drug-likeness (QED) is 0.211. The second-order valence-corrected chi connectivity index (χ2v) is 11.2. The number of hydrogen-bond donors (Lipinski definition) is 0. The van der Waals surface area contributed by atoms with E-state index in [-0.39, 0.29) is 0 Å². The number of hydrogen-bond acceptors (Lipinski definition) is 4. The van der Waals surface area contributed by atoms with Gasteiger partial charge in [-0.2, -0.15) is 5.26 Å². The molecule has 9 aromatic rings. The van der Waals surface area contributed by atoms with Crippen LogP contribution in [-0.4, -0.2) is 19.5 Å². The fourth-order valence-electron chi connectivity index (χ4n) is 6.53. The number of pyridine rings is 1. The van der Waals surface area contributed by atoms with Crippen molar-refractivity contribution in [2.45, 2.75) is 0 Å². The van der Waals surface area contributed by atoms with Crippen molar-refractivity contribution < 1.29 is 0 Å². The SMILES string of the molecule is N#Cc1cc(-n2c3ccccc3c3cc4ccccc4cc32)ccc1-c1nc(-c2ccc3ccccc3c2)c2cccnc2n1. The van der Waals surface area contributed by atoms with Crippen molar-refractivity contribution >= 4 is 54.4 Å². The van der Waals surface area contributed by atoms with Crippen LogP contribution >= 0.6 is 0 Å². The van der Waals surface area contributed by atoms with E-state index in [9.17, 15) is 5.26 Å². The highest BCUT2D eigenvalue weighted by Crippen LogP contribution is 2.37. The molecule has 0 saturated heterocycles. The molecule has 5 nitrogen and oxygen atoms in total. The van der Waals surface area contributed by atoms with Gasteiger partial charge in [0.25, 0.3) is 0 Å². The van der Waals surface area contributed by atoms with Gasteiger partial charge in [-0.25, -0.2) is 15.0 Å². The van der Waals surface area contributed by atoms with Crippen molar-refractivity contribution in [1.82, 2.24) is 19.5 Å². The van der Waals surface area contributed by atoms with Gasteiger partial charge in [-0.1, -0.05) is 78.9 Å². The molecule has 0 aliphatic carbocycles. The van der Waals surface area contributed by atoms with Crippen LogP contribution in [0.4, 0.5) is 0 Å². The number of rotatable bonds is 3. The Balaban J connectivity index is 1.25. The topological polar surface area (TPSA) is 67.4 Å². The normalized spacial score (nSPS) is 11.5. The lowest BCUT2D eigenvalue weighted by Gasteiger charge is -2.13. The Morgan fingerprint density at radius 3 is 2.13 bits per heavy atom.